The van der Waals surface area contributed by atoms with E-state index in [1.807, 2.05) is 18.2 Å². The van der Waals surface area contributed by atoms with Crippen LogP contribution in [0.3, 0.4) is 0 Å². The minimum atomic E-state index is -0.577. The molecule has 0 spiro atoms. The van der Waals surface area contributed by atoms with Crippen LogP contribution in [-0.4, -0.2) is 41.8 Å². The van der Waals surface area contributed by atoms with Crippen molar-refractivity contribution in [1.82, 2.24) is 15.5 Å². The number of rotatable bonds is 6. The lowest BCUT2D eigenvalue weighted by atomic mass is 9.91. The summed E-state index contributed by atoms with van der Waals surface area (Å²) in [6, 6.07) is 13.9. The number of anilines is 1. The highest BCUT2D eigenvalue weighted by Crippen LogP contribution is 2.28. The van der Waals surface area contributed by atoms with Gasteiger partial charge < -0.3 is 15.5 Å². The van der Waals surface area contributed by atoms with Crippen LogP contribution in [0.4, 0.5) is 5.69 Å². The van der Waals surface area contributed by atoms with E-state index < -0.39 is 6.04 Å². The number of nitrogens with one attached hydrogen (secondary N) is 3. The summed E-state index contributed by atoms with van der Waals surface area (Å²) in [4.78, 5) is 38.1. The summed E-state index contributed by atoms with van der Waals surface area (Å²) in [5, 5.41) is 9.29. The van der Waals surface area contributed by atoms with E-state index >= 15 is 0 Å². The van der Waals surface area contributed by atoms with Gasteiger partial charge in [-0.1, -0.05) is 24.3 Å². The van der Waals surface area contributed by atoms with Crippen LogP contribution in [0, 0.1) is 5.92 Å². The monoisotopic (exact) mass is 446 g/mol. The van der Waals surface area contributed by atoms with E-state index in [2.05, 4.69) is 40.2 Å². The van der Waals surface area contributed by atoms with Crippen LogP contribution in [0.25, 0.3) is 0 Å². The smallest absolute Gasteiger partial charge is 0.255 e. The van der Waals surface area contributed by atoms with E-state index in [-0.39, 0.29) is 24.1 Å². The highest BCUT2D eigenvalue weighted by molar-refractivity contribution is 6.05. The molecule has 0 saturated carbocycles. The van der Waals surface area contributed by atoms with Crippen LogP contribution >= 0.6 is 0 Å². The Kier molecular flexibility index (Phi) is 6.13. The second kappa shape index (κ2) is 9.35. The van der Waals surface area contributed by atoms with E-state index in [9.17, 15) is 14.4 Å². The zero-order valence-electron chi connectivity index (χ0n) is 18.7. The number of nitrogens with zero attached hydrogens (tertiary/aromatic N) is 1. The molecule has 2 fully saturated rings. The molecule has 0 aromatic heterocycles. The summed E-state index contributed by atoms with van der Waals surface area (Å²) in [5.74, 6) is -0.0278. The van der Waals surface area contributed by atoms with Gasteiger partial charge in [0.2, 0.25) is 11.8 Å². The van der Waals surface area contributed by atoms with Crippen LogP contribution in [0.2, 0.25) is 0 Å². The topological polar surface area (TPSA) is 90.5 Å². The highest BCUT2D eigenvalue weighted by atomic mass is 16.2. The number of hydrogen-bond donors (Lipinski definition) is 3. The largest absolute Gasteiger partial charge is 0.381 e. The lowest BCUT2D eigenvalue weighted by Crippen LogP contribution is -2.52. The second-order valence-electron chi connectivity index (χ2n) is 9.34. The zero-order chi connectivity index (χ0) is 22.8. The Morgan fingerprint density at radius 3 is 2.64 bits per heavy atom. The molecule has 3 N–H and O–H groups in total. The van der Waals surface area contributed by atoms with E-state index in [1.54, 1.807) is 4.90 Å². The molecule has 1 atom stereocenters. The fraction of sp³-hybridized carbons (Fsp3) is 0.423. The maximum Gasteiger partial charge on any atom is 0.255 e. The minimum Gasteiger partial charge on any atom is -0.381 e. The van der Waals surface area contributed by atoms with Gasteiger partial charge in [-0.15, -0.1) is 0 Å². The predicted octanol–water partition coefficient (Wildman–Crippen LogP) is 2.60. The van der Waals surface area contributed by atoms with Crippen LogP contribution in [-0.2, 0) is 29.1 Å². The third-order valence-corrected chi connectivity index (χ3v) is 6.99. The summed E-state index contributed by atoms with van der Waals surface area (Å²) >= 11 is 0. The van der Waals surface area contributed by atoms with Crippen molar-refractivity contribution in [2.45, 2.75) is 51.2 Å². The standard InChI is InChI=1S/C26H30N4O3/c31-24-7-6-23(25(32)29-24)30-16-20-13-19(4-5-22(20)26(30)33)15-28-21-3-1-2-18(14-21)12-17-8-10-27-11-9-17/h1-5,13-14,17,23,27-28H,6-12,15-16H2,(H,29,31,32). The molecule has 1 unspecified atom stereocenters. The summed E-state index contributed by atoms with van der Waals surface area (Å²) in [6.45, 7) is 3.30. The van der Waals surface area contributed by atoms with Gasteiger partial charge in [-0.25, -0.2) is 0 Å². The Bertz CT molecular complexity index is 1080. The fourth-order valence-corrected chi connectivity index (χ4v) is 5.17. The molecule has 33 heavy (non-hydrogen) atoms. The molecule has 172 valence electrons. The minimum absolute atomic E-state index is 0.135. The van der Waals surface area contributed by atoms with Crippen molar-refractivity contribution in [1.29, 1.82) is 0 Å². The molecule has 3 amide bonds. The number of imide groups is 1. The van der Waals surface area contributed by atoms with Crippen molar-refractivity contribution >= 4 is 23.4 Å². The van der Waals surface area contributed by atoms with Crippen LogP contribution in [0.15, 0.2) is 42.5 Å². The number of hydrogen-bond acceptors (Lipinski definition) is 5. The van der Waals surface area contributed by atoms with Crippen molar-refractivity contribution in [3.63, 3.8) is 0 Å². The molecule has 3 heterocycles. The normalized spacial score (nSPS) is 21.2. The SMILES string of the molecule is O=C1CCC(N2Cc3cc(CNc4cccc(CC5CCNCC5)c4)ccc3C2=O)C(=O)N1. The van der Waals surface area contributed by atoms with E-state index in [0.717, 1.165) is 42.2 Å². The number of piperidine rings is 2. The third kappa shape index (κ3) is 4.78. The molecular formula is C26H30N4O3. The first kappa shape index (κ1) is 21.6. The van der Waals surface area contributed by atoms with Crippen molar-refractivity contribution in [3.8, 4) is 0 Å². The van der Waals surface area contributed by atoms with Gasteiger partial charge >= 0.3 is 0 Å². The molecule has 2 aromatic carbocycles. The van der Waals surface area contributed by atoms with E-state index in [4.69, 9.17) is 0 Å². The van der Waals surface area contributed by atoms with Gasteiger partial charge in [0.1, 0.15) is 6.04 Å². The molecule has 0 aliphatic carbocycles. The first-order valence-electron chi connectivity index (χ1n) is 11.9. The summed E-state index contributed by atoms with van der Waals surface area (Å²) in [6.07, 6.45) is 4.24. The zero-order valence-corrected chi connectivity index (χ0v) is 18.7. The highest BCUT2D eigenvalue weighted by Gasteiger charge is 2.39. The quantitative estimate of drug-likeness (QED) is 0.594. The van der Waals surface area contributed by atoms with Crippen LogP contribution < -0.4 is 16.0 Å². The Morgan fingerprint density at radius 2 is 1.82 bits per heavy atom. The fourth-order valence-electron chi connectivity index (χ4n) is 5.17. The Balaban J connectivity index is 1.22. The average molecular weight is 447 g/mol. The lowest BCUT2D eigenvalue weighted by Gasteiger charge is -2.29. The molecule has 0 radical (unpaired) electrons. The number of amides is 3. The Labute approximate surface area is 193 Å². The average Bonchev–Trinajstić information content (AvgIpc) is 3.14. The molecule has 7 heteroatoms. The van der Waals surface area contributed by atoms with Crippen molar-refractivity contribution in [2.24, 2.45) is 5.92 Å². The summed E-state index contributed by atoms with van der Waals surface area (Å²) < 4.78 is 0. The molecule has 2 aromatic rings. The molecule has 3 aliphatic heterocycles. The summed E-state index contributed by atoms with van der Waals surface area (Å²) in [7, 11) is 0. The molecule has 3 aliphatic rings. The first-order valence-corrected chi connectivity index (χ1v) is 11.9. The van der Waals surface area contributed by atoms with E-state index in [0.29, 0.717) is 25.1 Å². The molecule has 2 saturated heterocycles. The van der Waals surface area contributed by atoms with Gasteiger partial charge in [-0.05, 0) is 79.6 Å². The van der Waals surface area contributed by atoms with Gasteiger partial charge in [0.25, 0.3) is 5.91 Å². The van der Waals surface area contributed by atoms with Gasteiger partial charge in [0.15, 0.2) is 0 Å². The van der Waals surface area contributed by atoms with Crippen LogP contribution in [0.1, 0.15) is 52.7 Å². The maximum absolute atomic E-state index is 12.9. The predicted molar refractivity (Wildman–Crippen MR) is 126 cm³/mol. The van der Waals surface area contributed by atoms with Gasteiger partial charge in [-0.2, -0.15) is 0 Å². The van der Waals surface area contributed by atoms with Crippen molar-refractivity contribution < 1.29 is 14.4 Å². The van der Waals surface area contributed by atoms with Crippen molar-refractivity contribution in [3.05, 3.63) is 64.7 Å². The van der Waals surface area contributed by atoms with Gasteiger partial charge in [0, 0.05) is 30.8 Å². The third-order valence-electron chi connectivity index (χ3n) is 6.99. The number of carbonyl (C=O) groups is 3. The van der Waals surface area contributed by atoms with Crippen LogP contribution in [0.5, 0.6) is 0 Å². The molecular weight excluding hydrogens is 416 g/mol. The summed E-state index contributed by atoms with van der Waals surface area (Å²) in [5.41, 5.74) is 5.14. The van der Waals surface area contributed by atoms with Gasteiger partial charge in [-0.3, -0.25) is 19.7 Å². The Morgan fingerprint density at radius 1 is 0.970 bits per heavy atom. The lowest BCUT2D eigenvalue weighted by molar-refractivity contribution is -0.136. The number of carbonyl (C=O) groups excluding carboxylic acids is 3. The second-order valence-corrected chi connectivity index (χ2v) is 9.34. The Hall–Kier alpha value is -3.19. The molecule has 0 bridgehead atoms. The molecule has 7 nitrogen and oxygen atoms in total. The maximum atomic E-state index is 12.9. The first-order chi connectivity index (χ1) is 16.1. The molecule has 5 rings (SSSR count). The number of benzene rings is 2. The van der Waals surface area contributed by atoms with Crippen molar-refractivity contribution in [2.75, 3.05) is 18.4 Å². The van der Waals surface area contributed by atoms with Gasteiger partial charge in [0.05, 0.1) is 0 Å². The number of fused-ring (bicyclic) bond motifs is 1. The van der Waals surface area contributed by atoms with E-state index in [1.165, 1.54) is 18.4 Å².